The monoisotopic (exact) mass is 354 g/mol. The Bertz CT molecular complexity index is 621. The fraction of sp³-hybridized carbons (Fsp3) is 0.188. The third-order valence-electron chi connectivity index (χ3n) is 3.15. The van der Waals surface area contributed by atoms with Crippen molar-refractivity contribution in [3.8, 4) is 0 Å². The average Bonchev–Trinajstić information content (AvgIpc) is 2.39. The average molecular weight is 355 g/mol. The Hall–Kier alpha value is -1.75. The molecule has 21 heavy (non-hydrogen) atoms. The molecule has 0 radical (unpaired) electrons. The van der Waals surface area contributed by atoms with Gasteiger partial charge in [-0.2, -0.15) is 0 Å². The van der Waals surface area contributed by atoms with Gasteiger partial charge in [-0.3, -0.25) is 4.79 Å². The van der Waals surface area contributed by atoms with Crippen LogP contribution in [0.5, 0.6) is 0 Å². The zero-order valence-electron chi connectivity index (χ0n) is 11.0. The number of aliphatic carboxylic acids is 1. The van der Waals surface area contributed by atoms with Crippen molar-refractivity contribution in [2.75, 3.05) is 0 Å². The summed E-state index contributed by atoms with van der Waals surface area (Å²) < 4.78 is 26.8. The van der Waals surface area contributed by atoms with Gasteiger partial charge in [-0.25, -0.2) is 8.78 Å². The van der Waals surface area contributed by atoms with Gasteiger partial charge in [-0.15, -0.1) is 0 Å². The molecule has 0 bridgehead atoms. The van der Waals surface area contributed by atoms with Crippen molar-refractivity contribution in [2.24, 2.45) is 5.92 Å². The molecule has 0 saturated carbocycles. The maximum atomic E-state index is 13.3. The summed E-state index contributed by atoms with van der Waals surface area (Å²) in [5.41, 5.74) is 1.34. The highest BCUT2D eigenvalue weighted by atomic mass is 79.9. The maximum absolute atomic E-state index is 13.3. The predicted octanol–water partition coefficient (Wildman–Crippen LogP) is 4.21. The first kappa shape index (κ1) is 15.6. The van der Waals surface area contributed by atoms with Crippen LogP contribution >= 0.6 is 15.9 Å². The molecular formula is C16H13BrF2O2. The number of carboxylic acid groups (broad SMARTS) is 1. The van der Waals surface area contributed by atoms with E-state index >= 15 is 0 Å². The van der Waals surface area contributed by atoms with E-state index in [1.54, 1.807) is 18.2 Å². The van der Waals surface area contributed by atoms with Crippen LogP contribution in [0.25, 0.3) is 0 Å². The predicted molar refractivity (Wildman–Crippen MR) is 79.0 cm³/mol. The van der Waals surface area contributed by atoms with Crippen LogP contribution < -0.4 is 0 Å². The van der Waals surface area contributed by atoms with Crippen LogP contribution in [0.1, 0.15) is 11.1 Å². The van der Waals surface area contributed by atoms with Crippen molar-refractivity contribution in [1.82, 2.24) is 0 Å². The number of benzene rings is 2. The van der Waals surface area contributed by atoms with Crippen LogP contribution in [0.4, 0.5) is 8.78 Å². The Morgan fingerprint density at radius 1 is 1.00 bits per heavy atom. The molecule has 0 spiro atoms. The third-order valence-corrected chi connectivity index (χ3v) is 3.61. The van der Waals surface area contributed by atoms with Crippen molar-refractivity contribution < 1.29 is 18.7 Å². The van der Waals surface area contributed by atoms with Gasteiger partial charge in [0.1, 0.15) is 11.6 Å². The van der Waals surface area contributed by atoms with Crippen molar-refractivity contribution in [3.63, 3.8) is 0 Å². The lowest BCUT2D eigenvalue weighted by atomic mass is 9.92. The fourth-order valence-corrected chi connectivity index (χ4v) is 2.68. The summed E-state index contributed by atoms with van der Waals surface area (Å²) in [6, 6.07) is 10.1. The van der Waals surface area contributed by atoms with Gasteiger partial charge >= 0.3 is 5.97 Å². The zero-order valence-corrected chi connectivity index (χ0v) is 12.6. The zero-order chi connectivity index (χ0) is 15.4. The van der Waals surface area contributed by atoms with E-state index in [-0.39, 0.29) is 18.7 Å². The van der Waals surface area contributed by atoms with Gasteiger partial charge in [0.25, 0.3) is 0 Å². The van der Waals surface area contributed by atoms with Crippen molar-refractivity contribution in [1.29, 1.82) is 0 Å². The number of hydrogen-bond acceptors (Lipinski definition) is 1. The van der Waals surface area contributed by atoms with Crippen molar-refractivity contribution in [2.45, 2.75) is 12.8 Å². The molecule has 0 aliphatic carbocycles. The highest BCUT2D eigenvalue weighted by molar-refractivity contribution is 9.10. The number of halogens is 3. The second-order valence-corrected chi connectivity index (χ2v) is 5.76. The minimum atomic E-state index is -0.959. The van der Waals surface area contributed by atoms with E-state index in [0.29, 0.717) is 10.0 Å². The number of carboxylic acids is 1. The van der Waals surface area contributed by atoms with E-state index in [4.69, 9.17) is 0 Å². The maximum Gasteiger partial charge on any atom is 0.307 e. The van der Waals surface area contributed by atoms with E-state index in [9.17, 15) is 18.7 Å². The van der Waals surface area contributed by atoms with Gasteiger partial charge in [-0.1, -0.05) is 28.1 Å². The molecule has 1 atom stereocenters. The normalized spacial score (nSPS) is 12.1. The molecule has 0 heterocycles. The summed E-state index contributed by atoms with van der Waals surface area (Å²) in [4.78, 5) is 11.4. The molecule has 0 fully saturated rings. The molecule has 2 nitrogen and oxygen atoms in total. The molecular weight excluding hydrogens is 342 g/mol. The number of rotatable bonds is 5. The first-order chi connectivity index (χ1) is 9.94. The summed E-state index contributed by atoms with van der Waals surface area (Å²) in [5.74, 6) is -2.42. The molecule has 0 saturated heterocycles. The largest absolute Gasteiger partial charge is 0.481 e. The van der Waals surface area contributed by atoms with Gasteiger partial charge in [0, 0.05) is 4.47 Å². The molecule has 0 aliphatic heterocycles. The van der Waals surface area contributed by atoms with Crippen molar-refractivity contribution in [3.05, 3.63) is 69.7 Å². The summed E-state index contributed by atoms with van der Waals surface area (Å²) >= 11 is 3.19. The highest BCUT2D eigenvalue weighted by Gasteiger charge is 2.19. The lowest BCUT2D eigenvalue weighted by molar-refractivity contribution is -0.141. The van der Waals surface area contributed by atoms with Crippen molar-refractivity contribution >= 4 is 21.9 Å². The van der Waals surface area contributed by atoms with E-state index in [2.05, 4.69) is 15.9 Å². The standard InChI is InChI=1S/C16H13BrF2O2/c17-13-7-11(8-15(19)9-13)6-12(16(20)21)5-10-1-3-14(18)4-2-10/h1-4,7-9,12H,5-6H2,(H,20,21). The van der Waals surface area contributed by atoms with Crippen LogP contribution in [-0.4, -0.2) is 11.1 Å². The molecule has 0 aromatic heterocycles. The van der Waals surface area contributed by atoms with E-state index in [1.165, 1.54) is 24.3 Å². The number of hydrogen-bond donors (Lipinski definition) is 1. The van der Waals surface area contributed by atoms with Gasteiger partial charge in [0.05, 0.1) is 5.92 Å². The third kappa shape index (κ3) is 4.63. The van der Waals surface area contributed by atoms with Gasteiger partial charge in [0.15, 0.2) is 0 Å². The van der Waals surface area contributed by atoms with Crippen LogP contribution in [0.3, 0.4) is 0 Å². The Balaban J connectivity index is 2.15. The quantitative estimate of drug-likeness (QED) is 0.872. The smallest absolute Gasteiger partial charge is 0.307 e. The molecule has 2 aromatic rings. The van der Waals surface area contributed by atoms with E-state index in [0.717, 1.165) is 5.56 Å². The molecule has 2 rings (SSSR count). The Kier molecular flexibility index (Phi) is 5.07. The molecule has 0 amide bonds. The Morgan fingerprint density at radius 2 is 1.62 bits per heavy atom. The topological polar surface area (TPSA) is 37.3 Å². The summed E-state index contributed by atoms with van der Waals surface area (Å²) in [6.07, 6.45) is 0.479. The fourth-order valence-electron chi connectivity index (χ4n) is 2.17. The van der Waals surface area contributed by atoms with Crippen LogP contribution in [-0.2, 0) is 17.6 Å². The minimum absolute atomic E-state index is 0.211. The molecule has 2 aromatic carbocycles. The first-order valence-electron chi connectivity index (χ1n) is 6.36. The molecule has 5 heteroatoms. The molecule has 1 N–H and O–H groups in total. The van der Waals surface area contributed by atoms with Gasteiger partial charge < -0.3 is 5.11 Å². The molecule has 110 valence electrons. The lowest BCUT2D eigenvalue weighted by Crippen LogP contribution is -2.19. The summed E-state index contributed by atoms with van der Waals surface area (Å²) in [7, 11) is 0. The van der Waals surface area contributed by atoms with Crippen LogP contribution in [0.15, 0.2) is 46.9 Å². The van der Waals surface area contributed by atoms with Gasteiger partial charge in [0.2, 0.25) is 0 Å². The highest BCUT2D eigenvalue weighted by Crippen LogP contribution is 2.20. The minimum Gasteiger partial charge on any atom is -0.481 e. The molecule has 1 unspecified atom stereocenters. The van der Waals surface area contributed by atoms with Crippen LogP contribution in [0, 0.1) is 17.6 Å². The van der Waals surface area contributed by atoms with Crippen LogP contribution in [0.2, 0.25) is 0 Å². The first-order valence-corrected chi connectivity index (χ1v) is 7.15. The second kappa shape index (κ2) is 6.80. The second-order valence-electron chi connectivity index (χ2n) is 4.85. The van der Waals surface area contributed by atoms with E-state index < -0.39 is 17.7 Å². The summed E-state index contributed by atoms with van der Waals surface area (Å²) in [5, 5.41) is 9.31. The number of carbonyl (C=O) groups is 1. The molecule has 0 aliphatic rings. The van der Waals surface area contributed by atoms with E-state index in [1.807, 2.05) is 0 Å². The van der Waals surface area contributed by atoms with Gasteiger partial charge in [-0.05, 0) is 54.3 Å². The lowest BCUT2D eigenvalue weighted by Gasteiger charge is -2.13. The Labute approximate surface area is 129 Å². The SMILES string of the molecule is O=C(O)C(Cc1ccc(F)cc1)Cc1cc(F)cc(Br)c1. The Morgan fingerprint density at radius 3 is 2.19 bits per heavy atom. The summed E-state index contributed by atoms with van der Waals surface area (Å²) in [6.45, 7) is 0.